The van der Waals surface area contributed by atoms with Crippen LogP contribution in [0.25, 0.3) is 22.4 Å². The van der Waals surface area contributed by atoms with Crippen LogP contribution in [-0.4, -0.2) is 39.3 Å². The Morgan fingerprint density at radius 1 is 1.07 bits per heavy atom. The number of hydrogen-bond acceptors (Lipinski definition) is 4. The van der Waals surface area contributed by atoms with Crippen molar-refractivity contribution in [2.45, 2.75) is 18.9 Å². The third-order valence-electron chi connectivity index (χ3n) is 5.36. The molecule has 2 aromatic heterocycles. The molecule has 0 radical (unpaired) electrons. The second-order valence-corrected chi connectivity index (χ2v) is 8.25. The summed E-state index contributed by atoms with van der Waals surface area (Å²) in [7, 11) is 0. The van der Waals surface area contributed by atoms with E-state index in [0.29, 0.717) is 23.5 Å². The zero-order valence-corrected chi connectivity index (χ0v) is 17.0. The van der Waals surface area contributed by atoms with Crippen LogP contribution in [0.15, 0.2) is 66.0 Å². The Bertz CT molecular complexity index is 1160. The van der Waals surface area contributed by atoms with E-state index in [1.165, 1.54) is 11.3 Å². The first-order valence-corrected chi connectivity index (χ1v) is 10.8. The van der Waals surface area contributed by atoms with Crippen LogP contribution in [-0.2, 0) is 4.79 Å². The highest BCUT2D eigenvalue weighted by molar-refractivity contribution is 7.12. The summed E-state index contributed by atoms with van der Waals surface area (Å²) in [6.45, 7) is 0.611. The number of fused-ring (bicyclic) bond motifs is 1. The lowest BCUT2D eigenvalue weighted by Crippen LogP contribution is -2.42. The molecular formula is C23H20N4O2S. The van der Waals surface area contributed by atoms with Crippen molar-refractivity contribution in [3.8, 4) is 11.4 Å². The largest absolute Gasteiger partial charge is 0.338 e. The van der Waals surface area contributed by atoms with Crippen LogP contribution in [0.1, 0.15) is 22.5 Å². The van der Waals surface area contributed by atoms with Crippen molar-refractivity contribution in [2.24, 2.45) is 0 Å². The average Bonchev–Trinajstić information content (AvgIpc) is 3.54. The zero-order valence-electron chi connectivity index (χ0n) is 16.2. The maximum atomic E-state index is 12.9. The number of carbonyl (C=O) groups excluding carboxylic acids is 2. The summed E-state index contributed by atoms with van der Waals surface area (Å²) < 4.78 is 0. The molecule has 3 heterocycles. The molecule has 1 aliphatic heterocycles. The van der Waals surface area contributed by atoms with Crippen LogP contribution < -0.4 is 5.32 Å². The molecule has 4 aromatic rings. The van der Waals surface area contributed by atoms with Gasteiger partial charge in [-0.05, 0) is 60.7 Å². The molecule has 30 heavy (non-hydrogen) atoms. The lowest BCUT2D eigenvalue weighted by atomic mass is 10.1. The van der Waals surface area contributed by atoms with Crippen LogP contribution in [0.5, 0.6) is 0 Å². The molecule has 1 aliphatic rings. The first-order valence-electron chi connectivity index (χ1n) is 9.89. The minimum atomic E-state index is -0.436. The molecule has 1 atom stereocenters. The summed E-state index contributed by atoms with van der Waals surface area (Å²) in [5.74, 6) is 0.578. The predicted octanol–water partition coefficient (Wildman–Crippen LogP) is 4.53. The Labute approximate surface area is 177 Å². The summed E-state index contributed by atoms with van der Waals surface area (Å²) in [5, 5.41) is 4.84. The van der Waals surface area contributed by atoms with Crippen LogP contribution in [0, 0.1) is 0 Å². The van der Waals surface area contributed by atoms with Gasteiger partial charge in [0.2, 0.25) is 5.91 Å². The number of anilines is 1. The molecule has 0 bridgehead atoms. The molecule has 7 heteroatoms. The molecule has 0 unspecified atom stereocenters. The Morgan fingerprint density at radius 3 is 2.67 bits per heavy atom. The summed E-state index contributed by atoms with van der Waals surface area (Å²) in [5.41, 5.74) is 3.55. The number of imidazole rings is 1. The SMILES string of the molecule is O=C(Nc1ccc(-c2nc3ccccc3[nH]2)cc1)[C@@H]1CCCN1C(=O)c1cccs1. The molecule has 0 saturated carbocycles. The van der Waals surface area contributed by atoms with Gasteiger partial charge in [0.15, 0.2) is 0 Å². The lowest BCUT2D eigenvalue weighted by Gasteiger charge is -2.23. The summed E-state index contributed by atoms with van der Waals surface area (Å²) in [4.78, 5) is 35.8. The van der Waals surface area contributed by atoms with Crippen LogP contribution in [0.4, 0.5) is 5.69 Å². The van der Waals surface area contributed by atoms with E-state index < -0.39 is 6.04 Å². The van der Waals surface area contributed by atoms with E-state index >= 15 is 0 Å². The number of amides is 2. The number of carbonyl (C=O) groups is 2. The zero-order chi connectivity index (χ0) is 20.5. The predicted molar refractivity (Wildman–Crippen MR) is 119 cm³/mol. The molecule has 2 amide bonds. The van der Waals surface area contributed by atoms with Gasteiger partial charge in [0.05, 0.1) is 15.9 Å². The van der Waals surface area contributed by atoms with E-state index in [1.807, 2.05) is 60.0 Å². The monoisotopic (exact) mass is 416 g/mol. The number of thiophene rings is 1. The van der Waals surface area contributed by atoms with Crippen molar-refractivity contribution < 1.29 is 9.59 Å². The van der Waals surface area contributed by atoms with E-state index in [2.05, 4.69) is 15.3 Å². The van der Waals surface area contributed by atoms with Crippen LogP contribution in [0.3, 0.4) is 0 Å². The molecular weight excluding hydrogens is 396 g/mol. The normalized spacial score (nSPS) is 16.1. The van der Waals surface area contributed by atoms with Gasteiger partial charge < -0.3 is 15.2 Å². The second kappa shape index (κ2) is 7.76. The van der Waals surface area contributed by atoms with Crippen molar-refractivity contribution in [3.05, 3.63) is 70.9 Å². The van der Waals surface area contributed by atoms with Gasteiger partial charge >= 0.3 is 0 Å². The summed E-state index contributed by atoms with van der Waals surface area (Å²) >= 11 is 1.40. The highest BCUT2D eigenvalue weighted by Gasteiger charge is 2.34. The van der Waals surface area contributed by atoms with E-state index in [-0.39, 0.29) is 11.8 Å². The highest BCUT2D eigenvalue weighted by atomic mass is 32.1. The number of rotatable bonds is 4. The van der Waals surface area contributed by atoms with Gasteiger partial charge in [-0.25, -0.2) is 4.98 Å². The standard InChI is InChI=1S/C23H20N4O2S/c28-22(19-7-3-13-27(19)23(29)20-8-4-14-30-20)24-16-11-9-15(10-12-16)21-25-17-5-1-2-6-18(17)26-21/h1-2,4-6,8-12,14,19H,3,7,13H2,(H,24,28)(H,25,26)/t19-/m0/s1. The number of H-pyrrole nitrogens is 1. The van der Waals surface area contributed by atoms with Gasteiger partial charge in [-0.3, -0.25) is 9.59 Å². The van der Waals surface area contributed by atoms with E-state index in [0.717, 1.165) is 28.8 Å². The van der Waals surface area contributed by atoms with E-state index in [4.69, 9.17) is 0 Å². The third kappa shape index (κ3) is 3.48. The Kier molecular flexibility index (Phi) is 4.80. The number of hydrogen-bond donors (Lipinski definition) is 2. The Morgan fingerprint density at radius 2 is 1.90 bits per heavy atom. The minimum Gasteiger partial charge on any atom is -0.338 e. The molecule has 2 N–H and O–H groups in total. The number of aromatic amines is 1. The summed E-state index contributed by atoms with van der Waals surface area (Å²) in [6, 6.07) is 18.7. The van der Waals surface area contributed by atoms with Gasteiger partial charge in [0, 0.05) is 17.8 Å². The van der Waals surface area contributed by atoms with Gasteiger partial charge in [0.25, 0.3) is 5.91 Å². The van der Waals surface area contributed by atoms with Crippen molar-refractivity contribution in [1.29, 1.82) is 0 Å². The first-order chi connectivity index (χ1) is 14.7. The quantitative estimate of drug-likeness (QED) is 0.513. The number of para-hydroxylation sites is 2. The van der Waals surface area contributed by atoms with Crippen LogP contribution >= 0.6 is 11.3 Å². The summed E-state index contributed by atoms with van der Waals surface area (Å²) in [6.07, 6.45) is 1.51. The van der Waals surface area contributed by atoms with Gasteiger partial charge in [0.1, 0.15) is 11.9 Å². The smallest absolute Gasteiger partial charge is 0.264 e. The van der Waals surface area contributed by atoms with Gasteiger partial charge in [-0.15, -0.1) is 11.3 Å². The number of likely N-dealkylation sites (tertiary alicyclic amines) is 1. The van der Waals surface area contributed by atoms with Crippen LogP contribution in [0.2, 0.25) is 0 Å². The second-order valence-electron chi connectivity index (χ2n) is 7.30. The van der Waals surface area contributed by atoms with Crippen molar-refractivity contribution in [2.75, 3.05) is 11.9 Å². The number of nitrogens with one attached hydrogen (secondary N) is 2. The molecule has 0 spiro atoms. The maximum absolute atomic E-state index is 12.9. The fourth-order valence-corrected chi connectivity index (χ4v) is 4.53. The molecule has 1 fully saturated rings. The Hall–Kier alpha value is -3.45. The average molecular weight is 417 g/mol. The number of nitrogens with zero attached hydrogens (tertiary/aromatic N) is 2. The minimum absolute atomic E-state index is 0.0668. The Balaban J connectivity index is 1.29. The molecule has 0 aliphatic carbocycles. The fourth-order valence-electron chi connectivity index (χ4n) is 3.85. The first kappa shape index (κ1) is 18.6. The van der Waals surface area contributed by atoms with Gasteiger partial charge in [-0.2, -0.15) is 0 Å². The number of aromatic nitrogens is 2. The van der Waals surface area contributed by atoms with Crippen molar-refractivity contribution in [3.63, 3.8) is 0 Å². The maximum Gasteiger partial charge on any atom is 0.264 e. The molecule has 1 saturated heterocycles. The number of benzene rings is 2. The molecule has 150 valence electrons. The van der Waals surface area contributed by atoms with Gasteiger partial charge in [-0.1, -0.05) is 18.2 Å². The fraction of sp³-hybridized carbons (Fsp3) is 0.174. The van der Waals surface area contributed by atoms with E-state index in [9.17, 15) is 9.59 Å². The molecule has 2 aromatic carbocycles. The third-order valence-corrected chi connectivity index (χ3v) is 6.22. The van der Waals surface area contributed by atoms with Crippen molar-refractivity contribution in [1.82, 2.24) is 14.9 Å². The van der Waals surface area contributed by atoms with Crippen molar-refractivity contribution >= 4 is 39.9 Å². The lowest BCUT2D eigenvalue weighted by molar-refractivity contribution is -0.119. The topological polar surface area (TPSA) is 78.1 Å². The highest BCUT2D eigenvalue weighted by Crippen LogP contribution is 2.25. The molecule has 6 nitrogen and oxygen atoms in total. The molecule has 5 rings (SSSR count). The van der Waals surface area contributed by atoms with E-state index in [1.54, 1.807) is 11.0 Å².